The number of aryl methyl sites for hydroxylation is 1. The van der Waals surface area contributed by atoms with Crippen LogP contribution in [0.5, 0.6) is 5.75 Å². The number of anilines is 1. The van der Waals surface area contributed by atoms with E-state index in [1.165, 1.54) is 30.3 Å². The van der Waals surface area contributed by atoms with Gasteiger partial charge >= 0.3 is 5.97 Å². The highest BCUT2D eigenvalue weighted by Crippen LogP contribution is 2.27. The van der Waals surface area contributed by atoms with Crippen molar-refractivity contribution in [1.29, 1.82) is 0 Å². The van der Waals surface area contributed by atoms with Crippen LogP contribution in [0, 0.1) is 5.82 Å². The molecule has 0 radical (unpaired) electrons. The van der Waals surface area contributed by atoms with Crippen LogP contribution in [0.3, 0.4) is 0 Å². The number of halogens is 1. The van der Waals surface area contributed by atoms with Gasteiger partial charge in [0.2, 0.25) is 5.91 Å². The van der Waals surface area contributed by atoms with Crippen molar-refractivity contribution in [3.8, 4) is 5.75 Å². The van der Waals surface area contributed by atoms with Crippen molar-refractivity contribution in [1.82, 2.24) is 0 Å². The van der Waals surface area contributed by atoms with E-state index in [1.807, 2.05) is 13.8 Å². The Kier molecular flexibility index (Phi) is 6.11. The van der Waals surface area contributed by atoms with Crippen molar-refractivity contribution in [2.75, 3.05) is 5.32 Å². The van der Waals surface area contributed by atoms with Crippen LogP contribution < -0.4 is 10.1 Å². The van der Waals surface area contributed by atoms with E-state index in [0.29, 0.717) is 17.9 Å². The van der Waals surface area contributed by atoms with Crippen LogP contribution in [-0.4, -0.2) is 23.1 Å². The molecule has 0 aromatic heterocycles. The molecule has 5 nitrogen and oxygen atoms in total. The minimum absolute atomic E-state index is 0.0601. The van der Waals surface area contributed by atoms with Gasteiger partial charge in [-0.2, -0.15) is 0 Å². The summed E-state index contributed by atoms with van der Waals surface area (Å²) in [6.45, 7) is 3.68. The molecule has 0 unspecified atom stereocenters. The molecule has 0 heterocycles. The highest BCUT2D eigenvalue weighted by molar-refractivity contribution is 5.95. The number of carbonyl (C=O) groups is 2. The van der Waals surface area contributed by atoms with Crippen LogP contribution in [0.1, 0.15) is 36.2 Å². The average Bonchev–Trinajstić information content (AvgIpc) is 2.55. The highest BCUT2D eigenvalue weighted by Gasteiger charge is 2.13. The Morgan fingerprint density at radius 3 is 2.44 bits per heavy atom. The summed E-state index contributed by atoms with van der Waals surface area (Å²) in [5.41, 5.74) is 1.22. The van der Waals surface area contributed by atoms with Crippen LogP contribution in [0.2, 0.25) is 0 Å². The average molecular weight is 345 g/mol. The van der Waals surface area contributed by atoms with Gasteiger partial charge in [-0.15, -0.1) is 0 Å². The zero-order valence-corrected chi connectivity index (χ0v) is 14.1. The lowest BCUT2D eigenvalue weighted by atomic mass is 10.1. The standard InChI is InChI=1S/C19H20FNO4/c1-12(2)25-17-9-6-14(19(23)24)11-16(17)21-18(22)10-5-13-3-7-15(20)8-4-13/h3-4,6-9,11-12H,5,10H2,1-2H3,(H,21,22)(H,23,24). The predicted octanol–water partition coefficient (Wildman–Crippen LogP) is 3.88. The number of hydrogen-bond acceptors (Lipinski definition) is 3. The number of rotatable bonds is 7. The lowest BCUT2D eigenvalue weighted by Crippen LogP contribution is -2.15. The molecule has 2 aromatic rings. The van der Waals surface area contributed by atoms with Crippen molar-refractivity contribution in [3.05, 3.63) is 59.4 Å². The van der Waals surface area contributed by atoms with E-state index in [0.717, 1.165) is 5.56 Å². The first-order chi connectivity index (χ1) is 11.8. The Labute approximate surface area is 145 Å². The van der Waals surface area contributed by atoms with Crippen molar-refractivity contribution in [2.24, 2.45) is 0 Å². The molecule has 0 aliphatic heterocycles. The Bertz CT molecular complexity index is 757. The van der Waals surface area contributed by atoms with Gasteiger partial charge in [-0.3, -0.25) is 4.79 Å². The van der Waals surface area contributed by atoms with Crippen molar-refractivity contribution < 1.29 is 23.8 Å². The van der Waals surface area contributed by atoms with Gasteiger partial charge in [-0.05, 0) is 56.2 Å². The highest BCUT2D eigenvalue weighted by atomic mass is 19.1. The van der Waals surface area contributed by atoms with Gasteiger partial charge in [0.15, 0.2) is 0 Å². The molecule has 132 valence electrons. The van der Waals surface area contributed by atoms with Crippen molar-refractivity contribution >= 4 is 17.6 Å². The van der Waals surface area contributed by atoms with E-state index in [1.54, 1.807) is 12.1 Å². The second-order valence-corrected chi connectivity index (χ2v) is 5.86. The van der Waals surface area contributed by atoms with Gasteiger partial charge in [-0.25, -0.2) is 9.18 Å². The van der Waals surface area contributed by atoms with E-state index in [4.69, 9.17) is 9.84 Å². The molecular formula is C19H20FNO4. The molecule has 2 N–H and O–H groups in total. The first-order valence-electron chi connectivity index (χ1n) is 7.93. The van der Waals surface area contributed by atoms with Gasteiger partial charge in [-0.1, -0.05) is 12.1 Å². The first kappa shape index (κ1) is 18.4. The number of ether oxygens (including phenoxy) is 1. The number of amides is 1. The largest absolute Gasteiger partial charge is 0.489 e. The van der Waals surface area contributed by atoms with Gasteiger partial charge in [0.1, 0.15) is 11.6 Å². The number of carboxylic acids is 1. The summed E-state index contributed by atoms with van der Waals surface area (Å²) < 4.78 is 18.5. The monoisotopic (exact) mass is 345 g/mol. The third-order valence-corrected chi connectivity index (χ3v) is 3.42. The maximum Gasteiger partial charge on any atom is 0.335 e. The summed E-state index contributed by atoms with van der Waals surface area (Å²) in [5, 5.41) is 11.8. The molecule has 0 fully saturated rings. The number of aromatic carboxylic acids is 1. The number of carbonyl (C=O) groups excluding carboxylic acids is 1. The molecule has 0 aliphatic rings. The molecule has 0 saturated carbocycles. The number of hydrogen-bond donors (Lipinski definition) is 2. The van der Waals surface area contributed by atoms with E-state index in [-0.39, 0.29) is 29.8 Å². The second-order valence-electron chi connectivity index (χ2n) is 5.86. The second kappa shape index (κ2) is 8.28. The summed E-state index contributed by atoms with van der Waals surface area (Å²) in [6, 6.07) is 10.3. The quantitative estimate of drug-likeness (QED) is 0.798. The Morgan fingerprint density at radius 2 is 1.84 bits per heavy atom. The summed E-state index contributed by atoms with van der Waals surface area (Å²) in [4.78, 5) is 23.3. The van der Waals surface area contributed by atoms with Gasteiger partial charge in [0.25, 0.3) is 0 Å². The third kappa shape index (κ3) is 5.60. The number of nitrogens with one attached hydrogen (secondary N) is 1. The summed E-state index contributed by atoms with van der Waals surface area (Å²) in [5.74, 6) is -1.28. The van der Waals surface area contributed by atoms with Crippen LogP contribution in [-0.2, 0) is 11.2 Å². The fourth-order valence-electron chi connectivity index (χ4n) is 2.24. The fraction of sp³-hybridized carbons (Fsp3) is 0.263. The van der Waals surface area contributed by atoms with Crippen LogP contribution in [0.4, 0.5) is 10.1 Å². The van der Waals surface area contributed by atoms with Gasteiger partial charge < -0.3 is 15.2 Å². The SMILES string of the molecule is CC(C)Oc1ccc(C(=O)O)cc1NC(=O)CCc1ccc(F)cc1. The summed E-state index contributed by atoms with van der Waals surface area (Å²) in [6.07, 6.45) is 0.514. The zero-order chi connectivity index (χ0) is 18.4. The van der Waals surface area contributed by atoms with E-state index in [2.05, 4.69) is 5.32 Å². The van der Waals surface area contributed by atoms with Crippen LogP contribution >= 0.6 is 0 Å². The molecular weight excluding hydrogens is 325 g/mol. The fourth-order valence-corrected chi connectivity index (χ4v) is 2.24. The number of benzene rings is 2. The topological polar surface area (TPSA) is 75.6 Å². The van der Waals surface area contributed by atoms with Gasteiger partial charge in [0.05, 0.1) is 17.4 Å². The summed E-state index contributed by atoms with van der Waals surface area (Å²) in [7, 11) is 0. The van der Waals surface area contributed by atoms with Crippen LogP contribution in [0.15, 0.2) is 42.5 Å². The Morgan fingerprint density at radius 1 is 1.16 bits per heavy atom. The third-order valence-electron chi connectivity index (χ3n) is 3.42. The molecule has 0 saturated heterocycles. The van der Waals surface area contributed by atoms with Crippen molar-refractivity contribution in [3.63, 3.8) is 0 Å². The molecule has 2 rings (SSSR count). The lowest BCUT2D eigenvalue weighted by Gasteiger charge is -2.15. The maximum absolute atomic E-state index is 12.9. The molecule has 25 heavy (non-hydrogen) atoms. The minimum atomic E-state index is -1.09. The number of carboxylic acid groups (broad SMARTS) is 1. The van der Waals surface area contributed by atoms with Gasteiger partial charge in [0, 0.05) is 6.42 Å². The molecule has 0 spiro atoms. The zero-order valence-electron chi connectivity index (χ0n) is 14.1. The van der Waals surface area contributed by atoms with E-state index < -0.39 is 5.97 Å². The van der Waals surface area contributed by atoms with E-state index in [9.17, 15) is 14.0 Å². The smallest absolute Gasteiger partial charge is 0.335 e. The molecule has 0 aliphatic carbocycles. The normalized spacial score (nSPS) is 10.6. The summed E-state index contributed by atoms with van der Waals surface area (Å²) >= 11 is 0. The molecule has 2 aromatic carbocycles. The van der Waals surface area contributed by atoms with Crippen LogP contribution in [0.25, 0.3) is 0 Å². The molecule has 6 heteroatoms. The maximum atomic E-state index is 12.9. The Balaban J connectivity index is 2.08. The molecule has 0 atom stereocenters. The Hall–Kier alpha value is -2.89. The molecule has 1 amide bonds. The molecule has 0 bridgehead atoms. The minimum Gasteiger partial charge on any atom is -0.489 e. The lowest BCUT2D eigenvalue weighted by molar-refractivity contribution is -0.116. The van der Waals surface area contributed by atoms with Crippen molar-refractivity contribution in [2.45, 2.75) is 32.8 Å². The van der Waals surface area contributed by atoms with E-state index >= 15 is 0 Å². The first-order valence-corrected chi connectivity index (χ1v) is 7.93. The predicted molar refractivity (Wildman–Crippen MR) is 92.5 cm³/mol.